The van der Waals surface area contributed by atoms with Crippen molar-refractivity contribution in [3.05, 3.63) is 70.9 Å². The van der Waals surface area contributed by atoms with E-state index < -0.39 is 23.6 Å². The Morgan fingerprint density at radius 2 is 1.57 bits per heavy atom. The molecule has 2 aliphatic rings. The van der Waals surface area contributed by atoms with Gasteiger partial charge in [0.15, 0.2) is 0 Å². The van der Waals surface area contributed by atoms with Crippen LogP contribution in [-0.2, 0) is 19.2 Å². The van der Waals surface area contributed by atoms with Crippen LogP contribution in [0.15, 0.2) is 54.0 Å². The van der Waals surface area contributed by atoms with Crippen LogP contribution >= 0.6 is 11.3 Å². The number of hydrogen-bond donors (Lipinski definition) is 5. The molecule has 0 bridgehead atoms. The Kier molecular flexibility index (Phi) is 16.6. The first-order valence-corrected chi connectivity index (χ1v) is 22.3. The zero-order valence-electron chi connectivity index (χ0n) is 36.1. The molecule has 2 unspecified atom stereocenters. The summed E-state index contributed by atoms with van der Waals surface area (Å²) in [4.78, 5) is 77.1. The summed E-state index contributed by atoms with van der Waals surface area (Å²) < 4.78 is 0. The lowest BCUT2D eigenvalue weighted by molar-refractivity contribution is -0.144. The smallest absolute Gasteiger partial charge is 0.265 e. The van der Waals surface area contributed by atoms with Crippen molar-refractivity contribution in [2.45, 2.75) is 117 Å². The summed E-state index contributed by atoms with van der Waals surface area (Å²) in [6, 6.07) is 13.4. The highest BCUT2D eigenvalue weighted by Crippen LogP contribution is 2.30. The highest BCUT2D eigenvalue weighted by Gasteiger charge is 2.44. The lowest BCUT2D eigenvalue weighted by atomic mass is 9.85. The number of rotatable bonds is 18. The molecule has 2 saturated heterocycles. The number of unbranched alkanes of at least 4 members (excludes halogenated alkanes) is 3. The number of carbonyl (C=O) groups excluding carboxylic acids is 5. The number of aromatic nitrogens is 1. The molecule has 326 valence electrons. The highest BCUT2D eigenvalue weighted by atomic mass is 32.1. The number of aliphatic hydroxyl groups is 1. The number of likely N-dealkylation sites (tertiary alicyclic amines) is 1. The number of anilines is 1. The van der Waals surface area contributed by atoms with Crippen LogP contribution < -0.4 is 26.4 Å². The van der Waals surface area contributed by atoms with E-state index in [0.29, 0.717) is 38.0 Å². The van der Waals surface area contributed by atoms with Crippen molar-refractivity contribution >= 4 is 46.6 Å². The fourth-order valence-corrected chi connectivity index (χ4v) is 8.51. The summed E-state index contributed by atoms with van der Waals surface area (Å²) in [6.45, 7) is 15.0. The van der Waals surface area contributed by atoms with Gasteiger partial charge in [-0.05, 0) is 73.9 Å². The number of carbonyl (C=O) groups is 5. The molecule has 5 amide bonds. The molecule has 3 heterocycles. The molecule has 2 aliphatic heterocycles. The monoisotopic (exact) mass is 844 g/mol. The second-order valence-corrected chi connectivity index (χ2v) is 17.9. The van der Waals surface area contributed by atoms with Gasteiger partial charge in [0, 0.05) is 69.8 Å². The van der Waals surface area contributed by atoms with Crippen LogP contribution in [0.3, 0.4) is 0 Å². The van der Waals surface area contributed by atoms with Gasteiger partial charge in [-0.2, -0.15) is 0 Å². The molecule has 2 fully saturated rings. The SMILES string of the molecule is CCCNNC(=O)c1ccc(N2CCN(C(=O)CCCCCCC(=O)NC(C(=O)N3C[C@H](O)C[C@H]3C(=O)NC(C)c3ccc(-c4scnc4C)cc3)C(C)(C)C)CC2)cc1. The minimum Gasteiger partial charge on any atom is -0.391 e. The van der Waals surface area contributed by atoms with E-state index in [1.807, 2.05) is 100 Å². The Hall–Kier alpha value is -4.86. The van der Waals surface area contributed by atoms with Crippen molar-refractivity contribution in [3.63, 3.8) is 0 Å². The average Bonchev–Trinajstić information content (AvgIpc) is 3.85. The third-order valence-corrected chi connectivity index (χ3v) is 12.3. The number of amides is 5. The van der Waals surface area contributed by atoms with Gasteiger partial charge in [-0.15, -0.1) is 11.3 Å². The maximum atomic E-state index is 14.1. The number of piperazine rings is 1. The summed E-state index contributed by atoms with van der Waals surface area (Å²) in [5.74, 6) is -1.01. The molecule has 1 aromatic heterocycles. The minimum atomic E-state index is -0.886. The highest BCUT2D eigenvalue weighted by molar-refractivity contribution is 7.13. The molecule has 15 heteroatoms. The number of benzene rings is 2. The Labute approximate surface area is 358 Å². The molecule has 5 N–H and O–H groups in total. The minimum absolute atomic E-state index is 0.0116. The number of hydrazine groups is 1. The molecular formula is C45H64N8O6S. The van der Waals surface area contributed by atoms with E-state index in [9.17, 15) is 29.1 Å². The average molecular weight is 845 g/mol. The standard InChI is InChI=1S/C45H64N8O6S/c1-7-22-47-50-42(57)34-18-20-35(21-19-34)51-23-25-52(26-24-51)39(56)13-11-9-8-10-12-38(55)49-41(45(4,5)6)44(59)53-28-36(54)27-37(53)43(58)48-30(2)32-14-16-33(17-15-32)40-31(3)46-29-60-40/h14-21,29-30,36-37,41,47,54H,7-13,22-28H2,1-6H3,(H,48,58)(H,49,55)(H,50,57)/t30?,36-,37+,41?/m1/s1. The first-order valence-electron chi connectivity index (χ1n) is 21.4. The number of nitrogens with one attached hydrogen (secondary N) is 4. The van der Waals surface area contributed by atoms with Gasteiger partial charge in [-0.1, -0.05) is 64.8 Å². The van der Waals surface area contributed by atoms with Crippen LogP contribution in [0.1, 0.15) is 114 Å². The first kappa shape index (κ1) is 46.2. The molecule has 0 aliphatic carbocycles. The maximum Gasteiger partial charge on any atom is 0.265 e. The van der Waals surface area contributed by atoms with Gasteiger partial charge in [0.25, 0.3) is 5.91 Å². The Bertz CT molecular complexity index is 1910. The van der Waals surface area contributed by atoms with Crippen LogP contribution in [0.2, 0.25) is 0 Å². The van der Waals surface area contributed by atoms with E-state index in [2.05, 4.69) is 31.4 Å². The third-order valence-electron chi connectivity index (χ3n) is 11.3. The number of thiazole rings is 1. The second-order valence-electron chi connectivity index (χ2n) is 17.1. The fourth-order valence-electron chi connectivity index (χ4n) is 7.70. The van der Waals surface area contributed by atoms with Gasteiger partial charge in [-0.25, -0.2) is 10.4 Å². The van der Waals surface area contributed by atoms with Gasteiger partial charge in [0.1, 0.15) is 12.1 Å². The lowest BCUT2D eigenvalue weighted by Gasteiger charge is -2.36. The second kappa shape index (κ2) is 21.6. The normalized spacial score (nSPS) is 17.9. The molecular weight excluding hydrogens is 781 g/mol. The molecule has 2 aromatic carbocycles. The lowest BCUT2D eigenvalue weighted by Crippen LogP contribution is -2.57. The summed E-state index contributed by atoms with van der Waals surface area (Å²) in [5, 5.41) is 16.6. The summed E-state index contributed by atoms with van der Waals surface area (Å²) in [6.07, 6.45) is 3.82. The molecule has 0 radical (unpaired) electrons. The number of β-amino-alcohol motifs (C(OH)–C–C–N with tert-alkyl or cyclic N) is 1. The Morgan fingerprint density at radius 3 is 2.18 bits per heavy atom. The van der Waals surface area contributed by atoms with Crippen LogP contribution in [0.25, 0.3) is 10.4 Å². The van der Waals surface area contributed by atoms with Crippen molar-refractivity contribution < 1.29 is 29.1 Å². The predicted molar refractivity (Wildman–Crippen MR) is 235 cm³/mol. The number of aliphatic hydroxyl groups excluding tert-OH is 1. The molecule has 0 saturated carbocycles. The predicted octanol–water partition coefficient (Wildman–Crippen LogP) is 5.12. The summed E-state index contributed by atoms with van der Waals surface area (Å²) >= 11 is 1.58. The van der Waals surface area contributed by atoms with Crippen molar-refractivity contribution in [1.29, 1.82) is 0 Å². The fraction of sp³-hybridized carbons (Fsp3) is 0.556. The van der Waals surface area contributed by atoms with Crippen molar-refractivity contribution in [2.75, 3.05) is 44.2 Å². The van der Waals surface area contributed by atoms with E-state index in [1.54, 1.807) is 11.3 Å². The Balaban J connectivity index is 1.01. The van der Waals surface area contributed by atoms with E-state index in [-0.39, 0.29) is 55.0 Å². The van der Waals surface area contributed by atoms with E-state index in [4.69, 9.17) is 0 Å². The van der Waals surface area contributed by atoms with Crippen LogP contribution in [-0.4, -0.2) is 107 Å². The van der Waals surface area contributed by atoms with Crippen LogP contribution in [0, 0.1) is 12.3 Å². The van der Waals surface area contributed by atoms with Crippen LogP contribution in [0.4, 0.5) is 5.69 Å². The summed E-state index contributed by atoms with van der Waals surface area (Å²) in [7, 11) is 0. The zero-order chi connectivity index (χ0) is 43.4. The van der Waals surface area contributed by atoms with Gasteiger partial charge in [-0.3, -0.25) is 29.4 Å². The maximum absolute atomic E-state index is 14.1. The zero-order valence-corrected chi connectivity index (χ0v) is 36.9. The van der Waals surface area contributed by atoms with Crippen molar-refractivity contribution in [1.82, 2.24) is 36.3 Å². The molecule has 0 spiro atoms. The third kappa shape index (κ3) is 12.6. The molecule has 5 rings (SSSR count). The molecule has 3 aromatic rings. The van der Waals surface area contributed by atoms with E-state index in [0.717, 1.165) is 66.2 Å². The quantitative estimate of drug-likeness (QED) is 0.0860. The number of aryl methyl sites for hydroxylation is 1. The van der Waals surface area contributed by atoms with E-state index >= 15 is 0 Å². The van der Waals surface area contributed by atoms with Crippen molar-refractivity contribution in [2.24, 2.45) is 5.41 Å². The van der Waals surface area contributed by atoms with Crippen molar-refractivity contribution in [3.8, 4) is 10.4 Å². The molecule has 4 atom stereocenters. The largest absolute Gasteiger partial charge is 0.391 e. The van der Waals surface area contributed by atoms with E-state index in [1.165, 1.54) is 4.90 Å². The van der Waals surface area contributed by atoms with Gasteiger partial charge < -0.3 is 30.4 Å². The van der Waals surface area contributed by atoms with Gasteiger partial charge in [0.05, 0.1) is 28.2 Å². The number of nitrogens with zero attached hydrogens (tertiary/aromatic N) is 4. The van der Waals surface area contributed by atoms with Gasteiger partial charge >= 0.3 is 0 Å². The molecule has 60 heavy (non-hydrogen) atoms. The molecule has 14 nitrogen and oxygen atoms in total. The number of hydrogen-bond acceptors (Lipinski definition) is 10. The Morgan fingerprint density at radius 1 is 0.900 bits per heavy atom. The summed E-state index contributed by atoms with van der Waals surface area (Å²) in [5.41, 5.74) is 11.3. The van der Waals surface area contributed by atoms with Crippen LogP contribution in [0.5, 0.6) is 0 Å². The topological polar surface area (TPSA) is 176 Å². The first-order chi connectivity index (χ1) is 28.7. The van der Waals surface area contributed by atoms with Gasteiger partial charge in [0.2, 0.25) is 23.6 Å².